The van der Waals surface area contributed by atoms with Gasteiger partial charge in [0.1, 0.15) is 0 Å². The van der Waals surface area contributed by atoms with E-state index in [2.05, 4.69) is 5.32 Å². The maximum Gasteiger partial charge on any atom is 0.269 e. The molecule has 0 spiro atoms. The number of aliphatic hydroxyl groups excluding tert-OH is 1. The van der Waals surface area contributed by atoms with Crippen molar-refractivity contribution in [1.82, 2.24) is 5.32 Å². The summed E-state index contributed by atoms with van der Waals surface area (Å²) in [6.45, 7) is 2.39. The molecule has 5 nitrogen and oxygen atoms in total. The predicted molar refractivity (Wildman–Crippen MR) is 85.6 cm³/mol. The fraction of sp³-hybridized carbons (Fsp3) is 0.294. The molecule has 22 heavy (non-hydrogen) atoms. The van der Waals surface area contributed by atoms with Crippen LogP contribution < -0.4 is 5.32 Å². The molecule has 0 amide bonds. The number of rotatable bonds is 7. The van der Waals surface area contributed by atoms with Gasteiger partial charge in [-0.3, -0.25) is 10.1 Å². The van der Waals surface area contributed by atoms with Gasteiger partial charge in [0.25, 0.3) is 5.69 Å². The third-order valence-corrected chi connectivity index (χ3v) is 3.61. The van der Waals surface area contributed by atoms with Crippen molar-refractivity contribution >= 4 is 5.69 Å². The molecule has 0 fully saturated rings. The lowest BCUT2D eigenvalue weighted by Gasteiger charge is -2.20. The molecule has 0 aromatic heterocycles. The monoisotopic (exact) mass is 300 g/mol. The van der Waals surface area contributed by atoms with Gasteiger partial charge in [0.2, 0.25) is 0 Å². The van der Waals surface area contributed by atoms with E-state index in [-0.39, 0.29) is 11.7 Å². The molecule has 2 aromatic carbocycles. The van der Waals surface area contributed by atoms with Crippen molar-refractivity contribution in [2.75, 3.05) is 0 Å². The summed E-state index contributed by atoms with van der Waals surface area (Å²) in [7, 11) is 0. The number of nitrogens with zero attached hydrogens (tertiary/aromatic N) is 1. The maximum absolute atomic E-state index is 10.7. The Morgan fingerprint density at radius 3 is 2.50 bits per heavy atom. The van der Waals surface area contributed by atoms with Crippen molar-refractivity contribution < 1.29 is 10.0 Å². The van der Waals surface area contributed by atoms with Crippen LogP contribution in [-0.4, -0.2) is 22.2 Å². The first-order valence-corrected chi connectivity index (χ1v) is 7.25. The zero-order valence-electron chi connectivity index (χ0n) is 12.5. The van der Waals surface area contributed by atoms with Gasteiger partial charge in [-0.1, -0.05) is 42.5 Å². The highest BCUT2D eigenvalue weighted by Crippen LogP contribution is 2.13. The first kappa shape index (κ1) is 16.1. The lowest BCUT2D eigenvalue weighted by atomic mass is 10.0. The third-order valence-electron chi connectivity index (χ3n) is 3.61. The number of nitrogens with one attached hydrogen (secondary N) is 1. The highest BCUT2D eigenvalue weighted by molar-refractivity contribution is 5.34. The Morgan fingerprint density at radius 2 is 1.82 bits per heavy atom. The van der Waals surface area contributed by atoms with E-state index in [0.29, 0.717) is 13.0 Å². The molecule has 5 heteroatoms. The molecule has 0 aliphatic heterocycles. The highest BCUT2D eigenvalue weighted by Gasteiger charge is 2.14. The summed E-state index contributed by atoms with van der Waals surface area (Å²) in [6, 6.07) is 16.2. The summed E-state index contributed by atoms with van der Waals surface area (Å²) in [5.74, 6) is 0. The molecule has 0 saturated carbocycles. The van der Waals surface area contributed by atoms with Gasteiger partial charge < -0.3 is 10.4 Å². The highest BCUT2D eigenvalue weighted by atomic mass is 16.6. The zero-order chi connectivity index (χ0) is 15.9. The summed E-state index contributed by atoms with van der Waals surface area (Å²) in [5.41, 5.74) is 1.99. The van der Waals surface area contributed by atoms with E-state index < -0.39 is 11.0 Å². The lowest BCUT2D eigenvalue weighted by Crippen LogP contribution is -2.38. The Kier molecular flexibility index (Phi) is 5.63. The molecule has 0 heterocycles. The van der Waals surface area contributed by atoms with Crippen molar-refractivity contribution in [2.45, 2.75) is 32.0 Å². The second-order valence-electron chi connectivity index (χ2n) is 5.35. The van der Waals surface area contributed by atoms with Crippen molar-refractivity contribution in [1.29, 1.82) is 0 Å². The number of aliphatic hydroxyl groups is 1. The van der Waals surface area contributed by atoms with Crippen molar-refractivity contribution in [3.05, 3.63) is 75.8 Å². The lowest BCUT2D eigenvalue weighted by molar-refractivity contribution is -0.384. The topological polar surface area (TPSA) is 75.4 Å². The van der Waals surface area contributed by atoms with Gasteiger partial charge in [-0.25, -0.2) is 0 Å². The van der Waals surface area contributed by atoms with E-state index in [1.165, 1.54) is 6.07 Å². The van der Waals surface area contributed by atoms with Crippen LogP contribution in [0.15, 0.2) is 54.6 Å². The van der Waals surface area contributed by atoms with Gasteiger partial charge >= 0.3 is 0 Å². The molecule has 0 bridgehead atoms. The SMILES string of the molecule is C[C@@H](NCc1cccc([N+](=O)[O-])c1)[C@@H](O)Cc1ccccc1. The summed E-state index contributed by atoms with van der Waals surface area (Å²) in [5, 5.41) is 24.2. The average Bonchev–Trinajstić information content (AvgIpc) is 2.53. The van der Waals surface area contributed by atoms with Crippen LogP contribution in [0.25, 0.3) is 0 Å². The van der Waals surface area contributed by atoms with Gasteiger partial charge in [-0.15, -0.1) is 0 Å². The third kappa shape index (κ3) is 4.65. The van der Waals surface area contributed by atoms with E-state index in [1.54, 1.807) is 12.1 Å². The second-order valence-corrected chi connectivity index (χ2v) is 5.35. The Morgan fingerprint density at radius 1 is 1.14 bits per heavy atom. The van der Waals surface area contributed by atoms with Crippen LogP contribution in [0, 0.1) is 10.1 Å². The molecule has 0 saturated heterocycles. The number of hydrogen-bond acceptors (Lipinski definition) is 4. The average molecular weight is 300 g/mol. The minimum absolute atomic E-state index is 0.0804. The van der Waals surface area contributed by atoms with Gasteiger partial charge in [0.15, 0.2) is 0 Å². The molecule has 2 rings (SSSR count). The number of nitro benzene ring substituents is 1. The molecule has 0 unspecified atom stereocenters. The molecule has 116 valence electrons. The minimum atomic E-state index is -0.513. The van der Waals surface area contributed by atoms with Crippen LogP contribution in [0.2, 0.25) is 0 Å². The van der Waals surface area contributed by atoms with Crippen LogP contribution >= 0.6 is 0 Å². The predicted octanol–water partition coefficient (Wildman–Crippen LogP) is 2.68. The Bertz CT molecular complexity index is 616. The number of benzene rings is 2. The van der Waals surface area contributed by atoms with Crippen molar-refractivity contribution in [3.63, 3.8) is 0 Å². The van der Waals surface area contributed by atoms with Gasteiger partial charge in [0, 0.05) is 24.7 Å². The normalized spacial score (nSPS) is 13.5. The quantitative estimate of drug-likeness (QED) is 0.609. The Labute approximate surface area is 129 Å². The fourth-order valence-corrected chi connectivity index (χ4v) is 2.23. The molecular weight excluding hydrogens is 280 g/mol. The van der Waals surface area contributed by atoms with Gasteiger partial charge in [-0.2, -0.15) is 0 Å². The van der Waals surface area contributed by atoms with E-state index >= 15 is 0 Å². The van der Waals surface area contributed by atoms with Crippen LogP contribution in [0.3, 0.4) is 0 Å². The maximum atomic E-state index is 10.7. The standard InChI is InChI=1S/C17H20N2O3/c1-13(17(20)11-14-6-3-2-4-7-14)18-12-15-8-5-9-16(10-15)19(21)22/h2-10,13,17-18,20H,11-12H2,1H3/t13-,17+/m1/s1. The first-order valence-electron chi connectivity index (χ1n) is 7.25. The summed E-state index contributed by atoms with van der Waals surface area (Å²) in [6.07, 6.45) is 0.0605. The van der Waals surface area contributed by atoms with Crippen LogP contribution in [0.5, 0.6) is 0 Å². The molecule has 2 atom stereocenters. The summed E-state index contributed by atoms with van der Waals surface area (Å²) < 4.78 is 0. The van der Waals surface area contributed by atoms with Gasteiger partial charge in [-0.05, 0) is 24.5 Å². The molecule has 0 radical (unpaired) electrons. The molecular formula is C17H20N2O3. The molecule has 2 aromatic rings. The molecule has 0 aliphatic rings. The Hall–Kier alpha value is -2.24. The number of nitro groups is 1. The minimum Gasteiger partial charge on any atom is -0.391 e. The van der Waals surface area contributed by atoms with Crippen molar-refractivity contribution in [2.24, 2.45) is 0 Å². The van der Waals surface area contributed by atoms with Gasteiger partial charge in [0.05, 0.1) is 11.0 Å². The number of hydrogen-bond donors (Lipinski definition) is 2. The van der Waals surface area contributed by atoms with E-state index in [0.717, 1.165) is 11.1 Å². The van der Waals surface area contributed by atoms with E-state index in [1.807, 2.05) is 43.3 Å². The summed E-state index contributed by atoms with van der Waals surface area (Å²) in [4.78, 5) is 10.3. The summed E-state index contributed by atoms with van der Waals surface area (Å²) >= 11 is 0. The second kappa shape index (κ2) is 7.68. The molecule has 2 N–H and O–H groups in total. The largest absolute Gasteiger partial charge is 0.391 e. The van der Waals surface area contributed by atoms with E-state index in [4.69, 9.17) is 0 Å². The van der Waals surface area contributed by atoms with Crippen LogP contribution in [0.4, 0.5) is 5.69 Å². The first-order chi connectivity index (χ1) is 10.6. The number of non-ortho nitro benzene ring substituents is 1. The Balaban J connectivity index is 1.88. The van der Waals surface area contributed by atoms with Crippen molar-refractivity contribution in [3.8, 4) is 0 Å². The smallest absolute Gasteiger partial charge is 0.269 e. The van der Waals surface area contributed by atoms with Crippen LogP contribution in [0.1, 0.15) is 18.1 Å². The molecule has 0 aliphatic carbocycles. The van der Waals surface area contributed by atoms with Crippen LogP contribution in [-0.2, 0) is 13.0 Å². The zero-order valence-corrected chi connectivity index (χ0v) is 12.5. The fourth-order valence-electron chi connectivity index (χ4n) is 2.23. The van der Waals surface area contributed by atoms with E-state index in [9.17, 15) is 15.2 Å².